The second-order valence-electron chi connectivity index (χ2n) is 3.93. The molecule has 0 spiro atoms. The average Bonchev–Trinajstić information content (AvgIpc) is 2.27. The van der Waals surface area contributed by atoms with Gasteiger partial charge in [0.15, 0.2) is 0 Å². The summed E-state index contributed by atoms with van der Waals surface area (Å²) in [5, 5.41) is 0. The normalized spacial score (nSPS) is 30.4. The number of allylic oxidation sites excluding steroid dienone is 4. The van der Waals surface area contributed by atoms with Crippen molar-refractivity contribution in [2.45, 2.75) is 33.1 Å². The van der Waals surface area contributed by atoms with Crippen molar-refractivity contribution >= 4 is 0 Å². The molecule has 0 amide bonds. The lowest BCUT2D eigenvalue weighted by Crippen LogP contribution is -2.03. The fraction of sp³-hybridized carbons (Fsp3) is 0.545. The first-order valence-corrected chi connectivity index (χ1v) is 4.51. The molecule has 0 N–H and O–H groups in total. The lowest BCUT2D eigenvalue weighted by molar-refractivity contribution is 0.507. The molecule has 0 nitrogen and oxygen atoms in total. The zero-order chi connectivity index (χ0) is 7.84. The van der Waals surface area contributed by atoms with Gasteiger partial charge < -0.3 is 0 Å². The van der Waals surface area contributed by atoms with Gasteiger partial charge in [-0.05, 0) is 37.7 Å². The molecule has 0 aromatic heterocycles. The van der Waals surface area contributed by atoms with Gasteiger partial charge in [-0.1, -0.05) is 24.1 Å². The molecule has 2 aliphatic rings. The van der Waals surface area contributed by atoms with Crippen molar-refractivity contribution in [3.63, 3.8) is 0 Å². The monoisotopic (exact) mass is 147 g/mol. The second kappa shape index (κ2) is 2.51. The first-order chi connectivity index (χ1) is 5.25. The molecule has 11 heavy (non-hydrogen) atoms. The minimum atomic E-state index is 0.907. The molecule has 0 aromatic rings. The molecule has 0 bridgehead atoms. The summed E-state index contributed by atoms with van der Waals surface area (Å²) in [5.41, 5.74) is 4.67. The summed E-state index contributed by atoms with van der Waals surface area (Å²) in [5.74, 6) is 0.907. The van der Waals surface area contributed by atoms with Gasteiger partial charge in [0.05, 0.1) is 0 Å². The molecule has 2 rings (SSSR count). The average molecular weight is 147 g/mol. The van der Waals surface area contributed by atoms with E-state index in [9.17, 15) is 0 Å². The fourth-order valence-corrected chi connectivity index (χ4v) is 2.08. The molecule has 2 aliphatic carbocycles. The molecule has 0 aromatic carbocycles. The van der Waals surface area contributed by atoms with Crippen LogP contribution in [0.3, 0.4) is 0 Å². The van der Waals surface area contributed by atoms with E-state index in [1.54, 1.807) is 11.1 Å². The molecule has 1 unspecified atom stereocenters. The molecule has 0 saturated carbocycles. The van der Waals surface area contributed by atoms with Crippen LogP contribution in [0.2, 0.25) is 0 Å². The van der Waals surface area contributed by atoms with Gasteiger partial charge in [-0.15, -0.1) is 0 Å². The molecular weight excluding hydrogens is 132 g/mol. The maximum Gasteiger partial charge on any atom is 0.0116 e. The second-order valence-corrected chi connectivity index (χ2v) is 3.93. The SMILES string of the molecule is CC1=CC2=C([CH]1)CCC(C)C2. The highest BCUT2D eigenvalue weighted by Crippen LogP contribution is 2.37. The number of rotatable bonds is 0. The third kappa shape index (κ3) is 1.26. The Kier molecular flexibility index (Phi) is 1.63. The molecule has 1 atom stereocenters. The maximum atomic E-state index is 2.35. The van der Waals surface area contributed by atoms with Crippen molar-refractivity contribution < 1.29 is 0 Å². The summed E-state index contributed by atoms with van der Waals surface area (Å²) >= 11 is 0. The maximum absolute atomic E-state index is 2.35. The molecule has 0 fully saturated rings. The van der Waals surface area contributed by atoms with E-state index in [0.29, 0.717) is 0 Å². The molecule has 0 heteroatoms. The summed E-state index contributed by atoms with van der Waals surface area (Å²) in [7, 11) is 0. The summed E-state index contributed by atoms with van der Waals surface area (Å²) in [6, 6.07) is 0. The summed E-state index contributed by atoms with van der Waals surface area (Å²) in [6.45, 7) is 4.55. The van der Waals surface area contributed by atoms with E-state index in [1.165, 1.54) is 24.8 Å². The van der Waals surface area contributed by atoms with Crippen molar-refractivity contribution in [3.05, 3.63) is 29.2 Å². The zero-order valence-corrected chi connectivity index (χ0v) is 7.35. The fourth-order valence-electron chi connectivity index (χ4n) is 2.08. The predicted molar refractivity (Wildman–Crippen MR) is 48.1 cm³/mol. The van der Waals surface area contributed by atoms with Crippen molar-refractivity contribution in [2.75, 3.05) is 0 Å². The summed E-state index contributed by atoms with van der Waals surface area (Å²) < 4.78 is 0. The molecule has 0 heterocycles. The van der Waals surface area contributed by atoms with Crippen LogP contribution in [0.5, 0.6) is 0 Å². The van der Waals surface area contributed by atoms with Crippen LogP contribution >= 0.6 is 0 Å². The van der Waals surface area contributed by atoms with Crippen LogP contribution in [0.15, 0.2) is 22.8 Å². The third-order valence-electron chi connectivity index (χ3n) is 2.69. The Labute approximate surface area is 69.0 Å². The Hall–Kier alpha value is -0.520. The molecule has 59 valence electrons. The highest BCUT2D eigenvalue weighted by molar-refractivity contribution is 5.48. The van der Waals surface area contributed by atoms with E-state index in [1.807, 2.05) is 0 Å². The molecule has 0 saturated heterocycles. The van der Waals surface area contributed by atoms with Crippen molar-refractivity contribution in [1.29, 1.82) is 0 Å². The van der Waals surface area contributed by atoms with E-state index in [4.69, 9.17) is 0 Å². The van der Waals surface area contributed by atoms with E-state index in [2.05, 4.69) is 26.3 Å². The Balaban J connectivity index is 2.19. The Morgan fingerprint density at radius 1 is 1.36 bits per heavy atom. The highest BCUT2D eigenvalue weighted by Gasteiger charge is 2.20. The lowest BCUT2D eigenvalue weighted by Gasteiger charge is -2.19. The van der Waals surface area contributed by atoms with Crippen LogP contribution in [-0.2, 0) is 0 Å². The van der Waals surface area contributed by atoms with Gasteiger partial charge in [-0.25, -0.2) is 0 Å². The Morgan fingerprint density at radius 3 is 3.00 bits per heavy atom. The van der Waals surface area contributed by atoms with E-state index in [0.717, 1.165) is 5.92 Å². The van der Waals surface area contributed by atoms with E-state index < -0.39 is 0 Å². The minimum Gasteiger partial charge on any atom is -0.0649 e. The Bertz CT molecular complexity index is 230. The molecular formula is C11H15. The van der Waals surface area contributed by atoms with Gasteiger partial charge >= 0.3 is 0 Å². The van der Waals surface area contributed by atoms with Crippen LogP contribution in [0, 0.1) is 12.3 Å². The molecule has 0 aliphatic heterocycles. The summed E-state index contributed by atoms with van der Waals surface area (Å²) in [4.78, 5) is 0. The van der Waals surface area contributed by atoms with Gasteiger partial charge in [-0.3, -0.25) is 0 Å². The lowest BCUT2D eigenvalue weighted by atomic mass is 9.86. The zero-order valence-electron chi connectivity index (χ0n) is 7.35. The Morgan fingerprint density at radius 2 is 2.18 bits per heavy atom. The van der Waals surface area contributed by atoms with Crippen LogP contribution in [0.25, 0.3) is 0 Å². The van der Waals surface area contributed by atoms with Crippen molar-refractivity contribution in [2.24, 2.45) is 5.92 Å². The van der Waals surface area contributed by atoms with Crippen molar-refractivity contribution in [1.82, 2.24) is 0 Å². The predicted octanol–water partition coefficient (Wildman–Crippen LogP) is 3.27. The van der Waals surface area contributed by atoms with Crippen LogP contribution in [0.1, 0.15) is 33.1 Å². The van der Waals surface area contributed by atoms with Gasteiger partial charge in [0.2, 0.25) is 0 Å². The van der Waals surface area contributed by atoms with Crippen molar-refractivity contribution in [3.8, 4) is 0 Å². The first-order valence-electron chi connectivity index (χ1n) is 4.51. The number of hydrogen-bond acceptors (Lipinski definition) is 0. The summed E-state index contributed by atoms with van der Waals surface area (Å²) in [6.07, 6.45) is 8.70. The van der Waals surface area contributed by atoms with Crippen LogP contribution in [-0.4, -0.2) is 0 Å². The topological polar surface area (TPSA) is 0 Å². The third-order valence-corrected chi connectivity index (χ3v) is 2.69. The van der Waals surface area contributed by atoms with Gasteiger partial charge in [0.25, 0.3) is 0 Å². The van der Waals surface area contributed by atoms with Gasteiger partial charge in [-0.2, -0.15) is 0 Å². The molecule has 1 radical (unpaired) electrons. The highest BCUT2D eigenvalue weighted by atomic mass is 14.3. The van der Waals surface area contributed by atoms with Crippen LogP contribution in [0.4, 0.5) is 0 Å². The first kappa shape index (κ1) is 7.15. The standard InChI is InChI=1S/C11H15/c1-8-3-4-10-6-9(2)7-11(10)5-8/h6-8H,3-5H2,1-2H3. The van der Waals surface area contributed by atoms with E-state index in [-0.39, 0.29) is 0 Å². The van der Waals surface area contributed by atoms with Crippen LogP contribution < -0.4 is 0 Å². The van der Waals surface area contributed by atoms with Gasteiger partial charge in [0.1, 0.15) is 0 Å². The van der Waals surface area contributed by atoms with E-state index >= 15 is 0 Å². The smallest absolute Gasteiger partial charge is 0.0116 e. The largest absolute Gasteiger partial charge is 0.0649 e. The number of hydrogen-bond donors (Lipinski definition) is 0. The minimum absolute atomic E-state index is 0.907. The van der Waals surface area contributed by atoms with Gasteiger partial charge in [0, 0.05) is 6.42 Å². The quantitative estimate of drug-likeness (QED) is 0.493.